The van der Waals surface area contributed by atoms with Gasteiger partial charge in [-0.15, -0.1) is 0 Å². The number of carbonyl (C=O) groups is 1. The van der Waals surface area contributed by atoms with Crippen LogP contribution in [0.5, 0.6) is 5.75 Å². The van der Waals surface area contributed by atoms with Crippen LogP contribution in [0, 0.1) is 20.8 Å². The van der Waals surface area contributed by atoms with Crippen LogP contribution in [0.2, 0.25) is 0 Å². The number of nitrogens with zero attached hydrogens (tertiary/aromatic N) is 3. The first kappa shape index (κ1) is 22.0. The Morgan fingerprint density at radius 1 is 1.07 bits per heavy atom. The van der Waals surface area contributed by atoms with Gasteiger partial charge in [-0.2, -0.15) is 10.2 Å². The average molecular weight is 392 g/mol. The Balaban J connectivity index is 0.00000261. The Morgan fingerprint density at radius 3 is 2.30 bits per heavy atom. The largest absolute Gasteiger partial charge is 1.00 e. The third-order valence-electron chi connectivity index (χ3n) is 4.59. The Morgan fingerprint density at radius 2 is 1.70 bits per heavy atom. The molecule has 0 unspecified atom stereocenters. The molecule has 0 amide bonds. The number of aromatic nitrogens is 3. The molecule has 27 heavy (non-hydrogen) atoms. The van der Waals surface area contributed by atoms with Crippen LogP contribution in [-0.4, -0.2) is 27.3 Å². The molecular formula is C20H22KN3O3. The number of benzene rings is 1. The Bertz CT molecular complexity index is 965. The summed E-state index contributed by atoms with van der Waals surface area (Å²) in [6, 6.07) is 7.92. The fraction of sp³-hybridized carbons (Fsp3) is 0.350. The summed E-state index contributed by atoms with van der Waals surface area (Å²) in [4.78, 5) is 10.9. The van der Waals surface area contributed by atoms with Crippen molar-refractivity contribution in [1.29, 1.82) is 0 Å². The van der Waals surface area contributed by atoms with Crippen molar-refractivity contribution < 1.29 is 66.0 Å². The zero-order valence-corrected chi connectivity index (χ0v) is 19.6. The monoisotopic (exact) mass is 391 g/mol. The van der Waals surface area contributed by atoms with E-state index in [4.69, 9.17) is 4.74 Å². The third-order valence-corrected chi connectivity index (χ3v) is 4.59. The number of carboxylic acid groups (broad SMARTS) is 1. The molecule has 7 heteroatoms. The predicted molar refractivity (Wildman–Crippen MR) is 97.6 cm³/mol. The van der Waals surface area contributed by atoms with E-state index < -0.39 is 5.97 Å². The zero-order valence-electron chi connectivity index (χ0n) is 16.5. The number of fused-ring (bicyclic) bond motifs is 1. The fourth-order valence-electron chi connectivity index (χ4n) is 3.51. The maximum Gasteiger partial charge on any atom is 1.00 e. The van der Waals surface area contributed by atoms with Crippen molar-refractivity contribution >= 4 is 16.7 Å². The first-order valence-electron chi connectivity index (χ1n) is 8.70. The van der Waals surface area contributed by atoms with Crippen molar-refractivity contribution in [3.05, 3.63) is 47.0 Å². The molecule has 0 N–H and O–H groups in total. The summed E-state index contributed by atoms with van der Waals surface area (Å²) in [6.45, 7) is 8.58. The number of carboxylic acids is 1. The van der Waals surface area contributed by atoms with Gasteiger partial charge >= 0.3 is 51.4 Å². The molecule has 2 aromatic heterocycles. The van der Waals surface area contributed by atoms with Crippen molar-refractivity contribution in [1.82, 2.24) is 14.8 Å². The van der Waals surface area contributed by atoms with Gasteiger partial charge < -0.3 is 19.2 Å². The van der Waals surface area contributed by atoms with Crippen LogP contribution in [0.3, 0.4) is 0 Å². The van der Waals surface area contributed by atoms with E-state index in [1.165, 1.54) is 0 Å². The number of carbonyl (C=O) groups excluding carboxylic acids is 1. The summed E-state index contributed by atoms with van der Waals surface area (Å²) in [5.41, 5.74) is 4.63. The minimum absolute atomic E-state index is 0. The molecule has 3 aromatic rings. The standard InChI is InChI=1S/C20H23N3O3.K/c1-5-26-16-8-6-15(7-9-16)23-13(3)19-12(2)21-22-17(10-11-18(24)25)20(19)14(23)4;/h6-9H,5,10-11H2,1-4H3,(H,24,25);/q;+1/p-1. The van der Waals surface area contributed by atoms with E-state index in [-0.39, 0.29) is 57.8 Å². The molecule has 0 fully saturated rings. The van der Waals surface area contributed by atoms with Crippen LogP contribution in [0.1, 0.15) is 36.1 Å². The summed E-state index contributed by atoms with van der Waals surface area (Å²) in [6.07, 6.45) is 0.235. The van der Waals surface area contributed by atoms with Crippen LogP contribution in [0.4, 0.5) is 0 Å². The number of rotatable bonds is 6. The molecule has 6 nitrogen and oxygen atoms in total. The Labute approximate surface area is 201 Å². The van der Waals surface area contributed by atoms with Crippen molar-refractivity contribution in [2.24, 2.45) is 0 Å². The first-order chi connectivity index (χ1) is 12.4. The molecule has 2 heterocycles. The van der Waals surface area contributed by atoms with Crippen LogP contribution >= 0.6 is 0 Å². The van der Waals surface area contributed by atoms with Gasteiger partial charge in [0.1, 0.15) is 5.75 Å². The quantitative estimate of drug-likeness (QED) is 0.526. The number of aryl methyl sites for hydroxylation is 4. The molecule has 0 bridgehead atoms. The fourth-order valence-corrected chi connectivity index (χ4v) is 3.51. The minimum Gasteiger partial charge on any atom is -0.550 e. The van der Waals surface area contributed by atoms with E-state index in [2.05, 4.69) is 14.8 Å². The second kappa shape index (κ2) is 9.29. The molecule has 0 spiro atoms. The summed E-state index contributed by atoms with van der Waals surface area (Å²) >= 11 is 0. The van der Waals surface area contributed by atoms with Gasteiger partial charge in [0.25, 0.3) is 0 Å². The second-order valence-corrected chi connectivity index (χ2v) is 6.29. The molecule has 1 aromatic carbocycles. The van der Waals surface area contributed by atoms with Gasteiger partial charge in [-0.05, 0) is 64.8 Å². The van der Waals surface area contributed by atoms with Crippen molar-refractivity contribution in [2.75, 3.05) is 6.61 Å². The van der Waals surface area contributed by atoms with E-state index in [0.717, 1.165) is 39.3 Å². The van der Waals surface area contributed by atoms with Gasteiger partial charge in [0.15, 0.2) is 0 Å². The van der Waals surface area contributed by atoms with Gasteiger partial charge in [0.05, 0.1) is 18.0 Å². The molecule has 0 aliphatic carbocycles. The van der Waals surface area contributed by atoms with E-state index in [1.54, 1.807) is 0 Å². The Kier molecular flexibility index (Phi) is 7.59. The number of hydrogen-bond donors (Lipinski definition) is 0. The number of aliphatic carboxylic acids is 1. The third kappa shape index (κ3) is 4.43. The minimum atomic E-state index is -1.08. The number of ether oxygens (including phenoxy) is 1. The summed E-state index contributed by atoms with van der Waals surface area (Å²) in [5, 5.41) is 21.4. The normalized spacial score (nSPS) is 10.7. The number of hydrogen-bond acceptors (Lipinski definition) is 5. The summed E-state index contributed by atoms with van der Waals surface area (Å²) in [7, 11) is 0. The zero-order chi connectivity index (χ0) is 18.8. The SMILES string of the molecule is CCOc1ccc(-n2c(C)c3c(C)nnc(CCC(=O)[O-])c3c2C)cc1.[K+]. The molecule has 0 radical (unpaired) electrons. The van der Waals surface area contributed by atoms with Gasteiger partial charge in [-0.3, -0.25) is 0 Å². The maximum absolute atomic E-state index is 10.9. The summed E-state index contributed by atoms with van der Waals surface area (Å²) < 4.78 is 7.67. The molecule has 0 atom stereocenters. The van der Waals surface area contributed by atoms with Crippen molar-refractivity contribution in [3.8, 4) is 11.4 Å². The molecule has 3 rings (SSSR count). The van der Waals surface area contributed by atoms with E-state index in [9.17, 15) is 9.90 Å². The van der Waals surface area contributed by atoms with Gasteiger partial charge in [-0.25, -0.2) is 0 Å². The smallest absolute Gasteiger partial charge is 0.550 e. The van der Waals surface area contributed by atoms with E-state index >= 15 is 0 Å². The molecule has 0 aliphatic rings. The topological polar surface area (TPSA) is 80.1 Å². The van der Waals surface area contributed by atoms with Crippen molar-refractivity contribution in [3.63, 3.8) is 0 Å². The molecule has 0 saturated heterocycles. The van der Waals surface area contributed by atoms with Crippen LogP contribution in [0.25, 0.3) is 16.5 Å². The van der Waals surface area contributed by atoms with Gasteiger partial charge in [-0.1, -0.05) is 0 Å². The van der Waals surface area contributed by atoms with Crippen LogP contribution < -0.4 is 61.2 Å². The van der Waals surface area contributed by atoms with E-state index in [0.29, 0.717) is 18.7 Å². The molecule has 136 valence electrons. The van der Waals surface area contributed by atoms with Gasteiger partial charge in [0, 0.05) is 33.8 Å². The molecule has 0 aliphatic heterocycles. The first-order valence-corrected chi connectivity index (χ1v) is 8.70. The molecular weight excluding hydrogens is 369 g/mol. The second-order valence-electron chi connectivity index (χ2n) is 6.29. The van der Waals surface area contributed by atoms with Crippen LogP contribution in [0.15, 0.2) is 24.3 Å². The average Bonchev–Trinajstić information content (AvgIpc) is 2.88. The molecule has 0 saturated carbocycles. The van der Waals surface area contributed by atoms with Crippen molar-refractivity contribution in [2.45, 2.75) is 40.5 Å². The van der Waals surface area contributed by atoms with E-state index in [1.807, 2.05) is 52.0 Å². The maximum atomic E-state index is 10.9. The van der Waals surface area contributed by atoms with Gasteiger partial charge in [0.2, 0.25) is 0 Å². The summed E-state index contributed by atoms with van der Waals surface area (Å²) in [5.74, 6) is -0.252. The Hall–Kier alpha value is -1.25. The predicted octanol–water partition coefficient (Wildman–Crippen LogP) is -0.569. The van der Waals surface area contributed by atoms with Crippen LogP contribution in [-0.2, 0) is 11.2 Å².